The first-order valence-electron chi connectivity index (χ1n) is 8.41. The highest BCUT2D eigenvalue weighted by Gasteiger charge is 2.11. The summed E-state index contributed by atoms with van der Waals surface area (Å²) in [5.41, 5.74) is 2.75. The quantitative estimate of drug-likeness (QED) is 0.570. The van der Waals surface area contributed by atoms with Crippen molar-refractivity contribution in [2.45, 2.75) is 52.4 Å². The Morgan fingerprint density at radius 3 is 2.48 bits per heavy atom. The SMILES string of the molecule is CCCCC(CC)COC1=CC=C(c2ccccc2)CC1. The molecule has 0 fully saturated rings. The first-order chi connectivity index (χ1) is 10.3. The maximum atomic E-state index is 6.03. The van der Waals surface area contributed by atoms with Crippen LogP contribution in [0.5, 0.6) is 0 Å². The fourth-order valence-corrected chi connectivity index (χ4v) is 2.75. The standard InChI is InChI=1S/C20H28O/c1-3-5-9-17(4-2)16-21-20-14-12-19(13-15-20)18-10-7-6-8-11-18/h6-8,10-12,14,17H,3-5,9,13,15-16H2,1-2H3. The second kappa shape index (κ2) is 8.71. The van der Waals surface area contributed by atoms with Gasteiger partial charge in [-0.05, 0) is 36.0 Å². The van der Waals surface area contributed by atoms with Crippen molar-refractivity contribution in [1.82, 2.24) is 0 Å². The smallest absolute Gasteiger partial charge is 0.0963 e. The van der Waals surface area contributed by atoms with Crippen LogP contribution < -0.4 is 0 Å². The average Bonchev–Trinajstić information content (AvgIpc) is 2.56. The topological polar surface area (TPSA) is 9.23 Å². The molecule has 0 bridgehead atoms. The van der Waals surface area contributed by atoms with E-state index in [-0.39, 0.29) is 0 Å². The van der Waals surface area contributed by atoms with E-state index in [1.165, 1.54) is 36.8 Å². The molecule has 0 radical (unpaired) electrons. The maximum Gasteiger partial charge on any atom is 0.0963 e. The van der Waals surface area contributed by atoms with Crippen molar-refractivity contribution >= 4 is 5.57 Å². The van der Waals surface area contributed by atoms with Crippen molar-refractivity contribution < 1.29 is 4.74 Å². The number of hydrogen-bond donors (Lipinski definition) is 0. The molecule has 0 saturated heterocycles. The molecule has 0 saturated carbocycles. The van der Waals surface area contributed by atoms with E-state index in [9.17, 15) is 0 Å². The van der Waals surface area contributed by atoms with Gasteiger partial charge in [-0.2, -0.15) is 0 Å². The van der Waals surface area contributed by atoms with Gasteiger partial charge >= 0.3 is 0 Å². The first-order valence-corrected chi connectivity index (χ1v) is 8.41. The average molecular weight is 284 g/mol. The lowest BCUT2D eigenvalue weighted by Gasteiger charge is -2.20. The van der Waals surface area contributed by atoms with E-state index in [0.717, 1.165) is 25.2 Å². The summed E-state index contributed by atoms with van der Waals surface area (Å²) in [6.45, 7) is 5.41. The summed E-state index contributed by atoms with van der Waals surface area (Å²) in [6, 6.07) is 10.6. The second-order valence-electron chi connectivity index (χ2n) is 5.92. The normalized spacial score (nSPS) is 16.1. The van der Waals surface area contributed by atoms with Gasteiger partial charge in [0, 0.05) is 6.42 Å². The first kappa shape index (κ1) is 15.9. The van der Waals surface area contributed by atoms with E-state index in [2.05, 4.69) is 56.3 Å². The van der Waals surface area contributed by atoms with Crippen molar-refractivity contribution in [1.29, 1.82) is 0 Å². The molecule has 1 aromatic carbocycles. The summed E-state index contributed by atoms with van der Waals surface area (Å²) >= 11 is 0. The summed E-state index contributed by atoms with van der Waals surface area (Å²) in [5, 5.41) is 0. The van der Waals surface area contributed by atoms with E-state index in [0.29, 0.717) is 5.92 Å². The summed E-state index contributed by atoms with van der Waals surface area (Å²) < 4.78 is 6.03. The Hall–Kier alpha value is -1.50. The number of rotatable bonds is 8. The van der Waals surface area contributed by atoms with Crippen LogP contribution in [0.3, 0.4) is 0 Å². The molecule has 0 N–H and O–H groups in total. The van der Waals surface area contributed by atoms with E-state index in [4.69, 9.17) is 4.74 Å². The van der Waals surface area contributed by atoms with Crippen LogP contribution in [0.4, 0.5) is 0 Å². The van der Waals surface area contributed by atoms with Crippen LogP contribution in [0.15, 0.2) is 48.2 Å². The van der Waals surface area contributed by atoms with Gasteiger partial charge < -0.3 is 4.74 Å². The van der Waals surface area contributed by atoms with Crippen molar-refractivity contribution in [2.24, 2.45) is 5.92 Å². The van der Waals surface area contributed by atoms with Gasteiger partial charge in [0.05, 0.1) is 12.4 Å². The van der Waals surface area contributed by atoms with Gasteiger partial charge in [0.25, 0.3) is 0 Å². The van der Waals surface area contributed by atoms with Crippen molar-refractivity contribution in [3.63, 3.8) is 0 Å². The van der Waals surface area contributed by atoms with E-state index >= 15 is 0 Å². The van der Waals surface area contributed by atoms with Crippen LogP contribution in [0.25, 0.3) is 5.57 Å². The highest BCUT2D eigenvalue weighted by Crippen LogP contribution is 2.27. The van der Waals surface area contributed by atoms with Gasteiger partial charge in [-0.15, -0.1) is 0 Å². The molecule has 0 heterocycles. The van der Waals surface area contributed by atoms with Crippen LogP contribution in [0.2, 0.25) is 0 Å². The maximum absolute atomic E-state index is 6.03. The third kappa shape index (κ3) is 5.08. The Labute approximate surface area is 129 Å². The monoisotopic (exact) mass is 284 g/mol. The summed E-state index contributed by atoms with van der Waals surface area (Å²) in [5.74, 6) is 1.87. The molecule has 0 aromatic heterocycles. The van der Waals surface area contributed by atoms with Crippen molar-refractivity contribution in [3.8, 4) is 0 Å². The molecule has 1 unspecified atom stereocenters. The van der Waals surface area contributed by atoms with Crippen molar-refractivity contribution in [3.05, 3.63) is 53.8 Å². The Morgan fingerprint density at radius 2 is 1.86 bits per heavy atom. The highest BCUT2D eigenvalue weighted by molar-refractivity contribution is 5.68. The summed E-state index contributed by atoms with van der Waals surface area (Å²) in [4.78, 5) is 0. The van der Waals surface area contributed by atoms with Gasteiger partial charge in [0.2, 0.25) is 0 Å². The molecule has 1 atom stereocenters. The molecule has 1 nitrogen and oxygen atoms in total. The second-order valence-corrected chi connectivity index (χ2v) is 5.92. The molecular formula is C20H28O. The third-order valence-electron chi connectivity index (χ3n) is 4.30. The van der Waals surface area contributed by atoms with Crippen LogP contribution >= 0.6 is 0 Å². The van der Waals surface area contributed by atoms with Crippen LogP contribution in [0, 0.1) is 5.92 Å². The fraction of sp³-hybridized carbons (Fsp3) is 0.500. The zero-order chi connectivity index (χ0) is 14.9. The largest absolute Gasteiger partial charge is 0.498 e. The van der Waals surface area contributed by atoms with Crippen LogP contribution in [-0.4, -0.2) is 6.61 Å². The van der Waals surface area contributed by atoms with Gasteiger partial charge in [0.1, 0.15) is 0 Å². The number of allylic oxidation sites excluding steroid dienone is 4. The van der Waals surface area contributed by atoms with Gasteiger partial charge in [-0.25, -0.2) is 0 Å². The fourth-order valence-electron chi connectivity index (χ4n) is 2.75. The molecule has 1 aliphatic carbocycles. The highest BCUT2D eigenvalue weighted by atomic mass is 16.5. The lowest BCUT2D eigenvalue weighted by atomic mass is 9.96. The molecule has 0 spiro atoms. The minimum absolute atomic E-state index is 0.713. The minimum Gasteiger partial charge on any atom is -0.498 e. The minimum atomic E-state index is 0.713. The lowest BCUT2D eigenvalue weighted by Crippen LogP contribution is -2.09. The van der Waals surface area contributed by atoms with Crippen LogP contribution in [-0.2, 0) is 4.74 Å². The summed E-state index contributed by atoms with van der Waals surface area (Å²) in [6.07, 6.45) is 11.6. The third-order valence-corrected chi connectivity index (χ3v) is 4.30. The molecule has 0 aliphatic heterocycles. The van der Waals surface area contributed by atoms with E-state index < -0.39 is 0 Å². The van der Waals surface area contributed by atoms with E-state index in [1.807, 2.05) is 0 Å². The molecule has 2 rings (SSSR count). The lowest BCUT2D eigenvalue weighted by molar-refractivity contribution is 0.149. The summed E-state index contributed by atoms with van der Waals surface area (Å²) in [7, 11) is 0. The van der Waals surface area contributed by atoms with Gasteiger partial charge in [0.15, 0.2) is 0 Å². The zero-order valence-electron chi connectivity index (χ0n) is 13.5. The Morgan fingerprint density at radius 1 is 1.05 bits per heavy atom. The predicted molar refractivity (Wildman–Crippen MR) is 91.0 cm³/mol. The van der Waals surface area contributed by atoms with Gasteiger partial charge in [-0.3, -0.25) is 0 Å². The number of ether oxygens (including phenoxy) is 1. The van der Waals surface area contributed by atoms with E-state index in [1.54, 1.807) is 0 Å². The van der Waals surface area contributed by atoms with Crippen LogP contribution in [0.1, 0.15) is 57.9 Å². The number of unbranched alkanes of at least 4 members (excludes halogenated alkanes) is 1. The predicted octanol–water partition coefficient (Wildman–Crippen LogP) is 5.98. The zero-order valence-corrected chi connectivity index (χ0v) is 13.5. The Kier molecular flexibility index (Phi) is 6.59. The Bertz CT molecular complexity index is 470. The van der Waals surface area contributed by atoms with Crippen molar-refractivity contribution in [2.75, 3.05) is 6.61 Å². The number of hydrogen-bond acceptors (Lipinski definition) is 1. The molecule has 1 heteroatoms. The molecule has 21 heavy (non-hydrogen) atoms. The molecular weight excluding hydrogens is 256 g/mol. The molecule has 0 amide bonds. The molecule has 114 valence electrons. The van der Waals surface area contributed by atoms with Gasteiger partial charge in [-0.1, -0.05) is 69.5 Å². The molecule has 1 aliphatic rings. The number of benzene rings is 1. The molecule has 1 aromatic rings. The Balaban J connectivity index is 1.86.